The molecule has 0 aliphatic heterocycles. The van der Waals surface area contributed by atoms with Crippen molar-refractivity contribution in [2.45, 2.75) is 51.6 Å². The molecule has 3 atom stereocenters. The summed E-state index contributed by atoms with van der Waals surface area (Å²) in [6.07, 6.45) is 5.32. The molecule has 1 heterocycles. The van der Waals surface area contributed by atoms with E-state index in [2.05, 4.69) is 36.0 Å². The summed E-state index contributed by atoms with van der Waals surface area (Å²) < 4.78 is 0. The van der Waals surface area contributed by atoms with Gasteiger partial charge in [-0.25, -0.2) is 0 Å². The van der Waals surface area contributed by atoms with Crippen molar-refractivity contribution < 1.29 is 0 Å². The molecule has 1 aromatic heterocycles. The van der Waals surface area contributed by atoms with Gasteiger partial charge in [-0.1, -0.05) is 6.92 Å². The van der Waals surface area contributed by atoms with E-state index in [1.54, 1.807) is 11.3 Å². The van der Waals surface area contributed by atoms with Crippen molar-refractivity contribution in [1.29, 1.82) is 0 Å². The lowest BCUT2D eigenvalue weighted by Gasteiger charge is -2.19. The summed E-state index contributed by atoms with van der Waals surface area (Å²) in [7, 11) is 0. The van der Waals surface area contributed by atoms with Gasteiger partial charge in [-0.05, 0) is 60.9 Å². The Bertz CT molecular complexity index is 281. The van der Waals surface area contributed by atoms with Crippen LogP contribution in [0, 0.1) is 5.92 Å². The van der Waals surface area contributed by atoms with E-state index in [4.69, 9.17) is 0 Å². The zero-order valence-corrected chi connectivity index (χ0v) is 10.5. The zero-order chi connectivity index (χ0) is 10.7. The lowest BCUT2D eigenvalue weighted by Crippen LogP contribution is -2.36. The van der Waals surface area contributed by atoms with Crippen LogP contribution in [0.1, 0.15) is 38.7 Å². The zero-order valence-electron chi connectivity index (χ0n) is 9.70. The number of nitrogens with one attached hydrogen (secondary N) is 1. The van der Waals surface area contributed by atoms with Crippen LogP contribution in [0.15, 0.2) is 16.8 Å². The van der Waals surface area contributed by atoms with Gasteiger partial charge in [0, 0.05) is 12.1 Å². The highest BCUT2D eigenvalue weighted by Gasteiger charge is 2.22. The molecule has 1 fully saturated rings. The first-order chi connectivity index (χ1) is 7.24. The van der Waals surface area contributed by atoms with E-state index in [9.17, 15) is 0 Å². The van der Waals surface area contributed by atoms with Crippen LogP contribution >= 0.6 is 11.3 Å². The molecule has 1 saturated carbocycles. The Balaban J connectivity index is 1.75. The summed E-state index contributed by atoms with van der Waals surface area (Å²) in [4.78, 5) is 0. The first-order valence-corrected chi connectivity index (χ1v) is 6.95. The lowest BCUT2D eigenvalue weighted by molar-refractivity contribution is 0.438. The molecule has 1 nitrogen and oxygen atoms in total. The van der Waals surface area contributed by atoms with Crippen molar-refractivity contribution in [2.75, 3.05) is 0 Å². The van der Waals surface area contributed by atoms with Crippen LogP contribution in [0.4, 0.5) is 0 Å². The van der Waals surface area contributed by atoms with Gasteiger partial charge in [-0.3, -0.25) is 0 Å². The van der Waals surface area contributed by atoms with Gasteiger partial charge in [0.25, 0.3) is 0 Å². The Labute approximate surface area is 96.9 Å². The molecule has 0 aromatic carbocycles. The molecule has 84 valence electrons. The number of thiophene rings is 1. The lowest BCUT2D eigenvalue weighted by atomic mass is 10.1. The molecule has 1 aromatic rings. The van der Waals surface area contributed by atoms with Gasteiger partial charge in [-0.15, -0.1) is 0 Å². The first kappa shape index (κ1) is 11.2. The summed E-state index contributed by atoms with van der Waals surface area (Å²) in [5, 5.41) is 8.18. The summed E-state index contributed by atoms with van der Waals surface area (Å²) in [5.41, 5.74) is 1.48. The third-order valence-electron chi connectivity index (χ3n) is 3.34. The molecule has 0 saturated heterocycles. The van der Waals surface area contributed by atoms with Gasteiger partial charge < -0.3 is 5.32 Å². The normalized spacial score (nSPS) is 28.1. The van der Waals surface area contributed by atoms with Gasteiger partial charge in [0.2, 0.25) is 0 Å². The second kappa shape index (κ2) is 5.13. The number of hydrogen-bond donors (Lipinski definition) is 1. The molecule has 1 N–H and O–H groups in total. The van der Waals surface area contributed by atoms with Crippen LogP contribution in [-0.2, 0) is 6.42 Å². The van der Waals surface area contributed by atoms with Crippen molar-refractivity contribution in [2.24, 2.45) is 5.92 Å². The average molecular weight is 223 g/mol. The van der Waals surface area contributed by atoms with E-state index in [1.165, 1.54) is 31.2 Å². The third kappa shape index (κ3) is 3.32. The summed E-state index contributed by atoms with van der Waals surface area (Å²) in [5.74, 6) is 0.927. The van der Waals surface area contributed by atoms with Crippen molar-refractivity contribution in [3.63, 3.8) is 0 Å². The minimum absolute atomic E-state index is 0.620. The van der Waals surface area contributed by atoms with Gasteiger partial charge in [0.05, 0.1) is 0 Å². The summed E-state index contributed by atoms with van der Waals surface area (Å²) in [6.45, 7) is 4.67. The standard InChI is InChI=1S/C13H21NS/c1-10-3-4-13(7-10)14-11(2)8-12-5-6-15-9-12/h5-6,9-11,13-14H,3-4,7-8H2,1-2H3. The van der Waals surface area contributed by atoms with Crippen LogP contribution in [0.25, 0.3) is 0 Å². The molecule has 0 amide bonds. The topological polar surface area (TPSA) is 12.0 Å². The van der Waals surface area contributed by atoms with Gasteiger partial charge in [0.15, 0.2) is 0 Å². The minimum atomic E-state index is 0.620. The van der Waals surface area contributed by atoms with Crippen LogP contribution in [-0.4, -0.2) is 12.1 Å². The Kier molecular flexibility index (Phi) is 3.81. The molecule has 0 bridgehead atoms. The molecule has 1 aliphatic carbocycles. The maximum atomic E-state index is 3.75. The predicted octanol–water partition coefficient (Wildman–Crippen LogP) is 3.46. The SMILES string of the molecule is CC1CCC(NC(C)Cc2ccsc2)C1. The van der Waals surface area contributed by atoms with Gasteiger partial charge in [-0.2, -0.15) is 11.3 Å². The first-order valence-electron chi connectivity index (χ1n) is 6.01. The Hall–Kier alpha value is -0.340. The van der Waals surface area contributed by atoms with E-state index in [0.29, 0.717) is 6.04 Å². The average Bonchev–Trinajstić information content (AvgIpc) is 2.77. The molecule has 3 unspecified atom stereocenters. The van der Waals surface area contributed by atoms with Crippen LogP contribution in [0.2, 0.25) is 0 Å². The highest BCUT2D eigenvalue weighted by molar-refractivity contribution is 7.07. The Morgan fingerprint density at radius 3 is 3.00 bits per heavy atom. The third-order valence-corrected chi connectivity index (χ3v) is 4.07. The molecule has 2 rings (SSSR count). The van der Waals surface area contributed by atoms with E-state index in [0.717, 1.165) is 12.0 Å². The fourth-order valence-corrected chi connectivity index (χ4v) is 3.26. The van der Waals surface area contributed by atoms with Crippen molar-refractivity contribution in [3.8, 4) is 0 Å². The van der Waals surface area contributed by atoms with E-state index in [-0.39, 0.29) is 0 Å². The smallest absolute Gasteiger partial charge is 0.00820 e. The van der Waals surface area contributed by atoms with Crippen molar-refractivity contribution in [3.05, 3.63) is 22.4 Å². The van der Waals surface area contributed by atoms with Gasteiger partial charge in [0.1, 0.15) is 0 Å². The number of rotatable bonds is 4. The monoisotopic (exact) mass is 223 g/mol. The highest BCUT2D eigenvalue weighted by Crippen LogP contribution is 2.25. The second-order valence-electron chi connectivity index (χ2n) is 5.02. The maximum Gasteiger partial charge on any atom is 0.00820 e. The van der Waals surface area contributed by atoms with Crippen LogP contribution < -0.4 is 5.32 Å². The van der Waals surface area contributed by atoms with E-state index < -0.39 is 0 Å². The second-order valence-corrected chi connectivity index (χ2v) is 5.80. The summed E-state index contributed by atoms with van der Waals surface area (Å²) >= 11 is 1.80. The number of hydrogen-bond acceptors (Lipinski definition) is 2. The molecule has 15 heavy (non-hydrogen) atoms. The highest BCUT2D eigenvalue weighted by atomic mass is 32.1. The largest absolute Gasteiger partial charge is 0.311 e. The predicted molar refractivity (Wildman–Crippen MR) is 67.4 cm³/mol. The van der Waals surface area contributed by atoms with E-state index >= 15 is 0 Å². The molecule has 1 aliphatic rings. The maximum absolute atomic E-state index is 3.75. The molecule has 0 radical (unpaired) electrons. The van der Waals surface area contributed by atoms with Crippen molar-refractivity contribution in [1.82, 2.24) is 5.32 Å². The Morgan fingerprint density at radius 2 is 2.40 bits per heavy atom. The van der Waals surface area contributed by atoms with E-state index in [1.807, 2.05) is 0 Å². The minimum Gasteiger partial charge on any atom is -0.311 e. The fraction of sp³-hybridized carbons (Fsp3) is 0.692. The quantitative estimate of drug-likeness (QED) is 0.824. The Morgan fingerprint density at radius 1 is 1.53 bits per heavy atom. The molecular weight excluding hydrogens is 202 g/mol. The molecule has 0 spiro atoms. The van der Waals surface area contributed by atoms with Crippen LogP contribution in [0.3, 0.4) is 0 Å². The summed E-state index contributed by atoms with van der Waals surface area (Å²) in [6, 6.07) is 3.63. The van der Waals surface area contributed by atoms with Crippen LogP contribution in [0.5, 0.6) is 0 Å². The fourth-order valence-electron chi connectivity index (χ4n) is 2.58. The molecular formula is C13H21NS. The van der Waals surface area contributed by atoms with Crippen molar-refractivity contribution >= 4 is 11.3 Å². The molecule has 2 heteroatoms. The van der Waals surface area contributed by atoms with Gasteiger partial charge >= 0.3 is 0 Å².